The molecule has 29 nitrogen and oxygen atoms in total. The molecule has 36 heteroatoms. The van der Waals surface area contributed by atoms with Crippen molar-refractivity contribution in [2.45, 2.75) is 236 Å². The molecule has 4 amide bonds. The van der Waals surface area contributed by atoms with Gasteiger partial charge in [0.25, 0.3) is 33.7 Å². The van der Waals surface area contributed by atoms with E-state index in [4.69, 9.17) is 66.3 Å². The molecule has 7 heterocycles. The van der Waals surface area contributed by atoms with Gasteiger partial charge < -0.3 is 82.4 Å². The van der Waals surface area contributed by atoms with Gasteiger partial charge in [-0.15, -0.1) is 41.5 Å². The fourth-order valence-corrected chi connectivity index (χ4v) is 23.0. The average molecular weight is 1990 g/mol. The zero-order valence-electron chi connectivity index (χ0n) is 75.6. The van der Waals surface area contributed by atoms with Gasteiger partial charge in [-0.2, -0.15) is 14.1 Å². The smallest absolute Gasteiger partial charge is 0.706 e. The van der Waals surface area contributed by atoms with Gasteiger partial charge in [-0.05, 0) is 233 Å². The Morgan fingerprint density at radius 2 is 1.05 bits per heavy atom. The van der Waals surface area contributed by atoms with Crippen LogP contribution < -0.4 is 42.3 Å². The van der Waals surface area contributed by atoms with E-state index >= 15 is 0 Å². The zero-order valence-corrected chi connectivity index (χ0v) is 80.5. The zero-order chi connectivity index (χ0) is 94.2. The number of aliphatic hydroxyl groups is 2. The molecule has 17 rings (SSSR count). The summed E-state index contributed by atoms with van der Waals surface area (Å²) < 4.78 is 47.1. The van der Waals surface area contributed by atoms with Gasteiger partial charge in [-0.25, -0.2) is 19.9 Å². The number of aliphatic hydroxyl groups excluding tert-OH is 2. The van der Waals surface area contributed by atoms with Crippen LogP contribution in [0.25, 0.3) is 39.3 Å². The van der Waals surface area contributed by atoms with Crippen LogP contribution in [-0.4, -0.2) is 195 Å². The Bertz CT molecular complexity index is 5410. The molecule has 7 aliphatic rings. The summed E-state index contributed by atoms with van der Waals surface area (Å²) in [4.78, 5) is 65.1. The molecule has 6 saturated carbocycles. The van der Waals surface area contributed by atoms with Crippen LogP contribution in [0.3, 0.4) is 0 Å². The van der Waals surface area contributed by atoms with E-state index in [1.165, 1.54) is 101 Å². The Labute approximate surface area is 792 Å². The Balaban J connectivity index is 0.000000187. The molecule has 1 saturated heterocycles. The van der Waals surface area contributed by atoms with E-state index in [1.54, 1.807) is 91.5 Å². The van der Waals surface area contributed by atoms with Crippen molar-refractivity contribution in [3.63, 3.8) is 0 Å². The number of benzene rings is 4. The number of halogens is 1. The number of nitrogens with one attached hydrogen (secondary N) is 3. The molecular formula is C95H125B3BrN11O18PPdS+. The Morgan fingerprint density at radius 1 is 0.595 bits per heavy atom. The quantitative estimate of drug-likeness (QED) is 0.0137. The maximum atomic E-state index is 12.7. The van der Waals surface area contributed by atoms with Crippen molar-refractivity contribution < 1.29 is 107 Å². The number of pyridine rings is 4. The summed E-state index contributed by atoms with van der Waals surface area (Å²) in [5.41, 5.74) is 34.1. The van der Waals surface area contributed by atoms with E-state index in [2.05, 4.69) is 137 Å². The van der Waals surface area contributed by atoms with Crippen molar-refractivity contribution in [1.82, 2.24) is 39.4 Å². The number of imidazole rings is 2. The number of primary amides is 2. The van der Waals surface area contributed by atoms with Crippen molar-refractivity contribution in [3.05, 3.63) is 226 Å². The molecule has 2 spiro atoms. The molecule has 6 aliphatic carbocycles. The summed E-state index contributed by atoms with van der Waals surface area (Å²) >= 11 is 3.41. The predicted molar refractivity (Wildman–Crippen MR) is 514 cm³/mol. The van der Waals surface area contributed by atoms with Gasteiger partial charge >= 0.3 is 41.6 Å². The average Bonchev–Trinajstić information content (AvgIpc) is 1.16. The van der Waals surface area contributed by atoms with Crippen LogP contribution in [0, 0.1) is 16.9 Å². The number of aromatic nitrogens is 6. The molecule has 10 aromatic rings. The monoisotopic (exact) mass is 1990 g/mol. The van der Waals surface area contributed by atoms with Gasteiger partial charge in [0.05, 0.1) is 54.6 Å². The predicted octanol–water partition coefficient (Wildman–Crippen LogP) is 13.1. The molecule has 1 atom stereocenters. The van der Waals surface area contributed by atoms with Gasteiger partial charge in [-0.1, -0.05) is 125 Å². The second-order valence-corrected chi connectivity index (χ2v) is 41.1. The number of carbonyl (C=O) groups is 4. The van der Waals surface area contributed by atoms with E-state index in [0.29, 0.717) is 69.7 Å². The van der Waals surface area contributed by atoms with Crippen LogP contribution in [0.2, 0.25) is 0 Å². The van der Waals surface area contributed by atoms with E-state index in [9.17, 15) is 37.6 Å². The second-order valence-electron chi connectivity index (χ2n) is 35.7. The molecule has 16 N–H and O–H groups in total. The minimum absolute atomic E-state index is 0. The molecule has 704 valence electrons. The Hall–Kier alpha value is -8.84. The molecule has 4 aromatic carbocycles. The van der Waals surface area contributed by atoms with Crippen molar-refractivity contribution in [1.29, 1.82) is 0 Å². The van der Waals surface area contributed by atoms with E-state index in [1.807, 2.05) is 60.8 Å². The van der Waals surface area contributed by atoms with Crippen molar-refractivity contribution in [2.75, 3.05) is 26.1 Å². The minimum Gasteiger partial charge on any atom is -0.706 e. The fraction of sp³-hybridized carbons (Fsp3) is 0.453. The molecule has 131 heavy (non-hydrogen) atoms. The second kappa shape index (κ2) is 49.9. The Kier molecular flexibility index (Phi) is 40.4. The molecular weight excluding hydrogens is 1860 g/mol. The van der Waals surface area contributed by atoms with Gasteiger partial charge in [0, 0.05) is 61.4 Å². The maximum absolute atomic E-state index is 12.7. The van der Waals surface area contributed by atoms with E-state index in [0.717, 1.165) is 90.5 Å². The molecule has 1 unspecified atom stereocenters. The number of hydrogen-bond donors (Lipinski definition) is 13. The van der Waals surface area contributed by atoms with Crippen molar-refractivity contribution in [2.24, 2.45) is 22.3 Å². The third kappa shape index (κ3) is 30.1. The first-order valence-corrected chi connectivity index (χ1v) is 49.1. The third-order valence-corrected chi connectivity index (χ3v) is 29.1. The standard InChI is InChI=1S/C33H49P.C21H22BN5O5.C21H20BrN5O3.C12H9N.C5H10O.C2H6O2.CH4O3S.B2H4O4.Pd/c1-23(2)26-21-30(24(3)4)33(31(22-26)25(5)6)29-19-13-14-20-32(29)34(27-15-9-7-10-16-27)28-17-11-8-12-18-28;23-18(28)15-2-1-4-24-20(15)32-14-9-21(10-14)7-13(8-21)26-19(29)16-11-25-17-6-12(22(30)31)3-5-27(16)17;22-12-3-5-27-16(11-25-17(27)6-12)19(29)26-13-7-21(8-13)9-14(10-21)30-20-15(18(23)28)2-1-4-24-20;13-12-9-5-4-8-11(12)10-6-2-1-3-7-10;1-5-3-2-4-6-5;3-1-2-4;1-5(2,3)4;3-1(4)2(5)6;/h13-14,19-25,27-28H,7-12,15-18H2,1-6H3;1-6,11,13-14,30-31H,7-10H2,(H2,23,28)(H,26,29);1-6,11,13-14H,7-10H2,(H2,23,28)(H,26,29);1-6,8-9,13H;5H,2-4H2,1H3;3-4H,1-2H2;1H3,(H,2,3,4);3-6H;/q;;;-2;;;;;+2/p+1. The van der Waals surface area contributed by atoms with E-state index in [-0.39, 0.29) is 92.0 Å². The number of nitrogens with two attached hydrogens (primary N) is 2. The van der Waals surface area contributed by atoms with Crippen LogP contribution in [-0.2, 0) is 35.3 Å². The summed E-state index contributed by atoms with van der Waals surface area (Å²) in [6, 6.07) is 46.8. The number of carbonyl (C=O) groups excluding carboxylic acids is 4. The maximum Gasteiger partial charge on any atom is 2.00 e. The first-order chi connectivity index (χ1) is 62.0. The first kappa shape index (κ1) is 106. The summed E-state index contributed by atoms with van der Waals surface area (Å²) in [6.45, 7) is 17.2. The first-order valence-electron chi connectivity index (χ1n) is 44.8. The topological polar surface area (TPSA) is 472 Å². The van der Waals surface area contributed by atoms with Gasteiger partial charge in [0.15, 0.2) is 0 Å². The fourth-order valence-electron chi connectivity index (χ4n) is 18.3. The minimum atomic E-state index is -3.67. The number of hydrogen-bond acceptors (Lipinski definition) is 21. The molecule has 6 aromatic heterocycles. The third-order valence-electron chi connectivity index (χ3n) is 24.6. The summed E-state index contributed by atoms with van der Waals surface area (Å²) in [5.74, 6) is 0.782. The Morgan fingerprint density at radius 3 is 1.44 bits per heavy atom. The normalized spacial score (nSPS) is 19.9. The van der Waals surface area contributed by atoms with Crippen LogP contribution in [0.1, 0.15) is 253 Å². The molecule has 1 aliphatic heterocycles. The van der Waals surface area contributed by atoms with E-state index < -0.39 is 51.0 Å². The van der Waals surface area contributed by atoms with Crippen LogP contribution >= 0.6 is 23.9 Å². The van der Waals surface area contributed by atoms with Crippen molar-refractivity contribution in [3.8, 4) is 34.0 Å². The molecule has 0 bridgehead atoms. The molecule has 7 fully saturated rings. The van der Waals surface area contributed by atoms with Gasteiger partial charge in [0.2, 0.25) is 11.8 Å². The number of fused-ring (bicyclic) bond motifs is 2. The summed E-state index contributed by atoms with van der Waals surface area (Å²) in [7, 11) is -9.94. The SMILES string of the molecule is CC(C)c1cc(C(C)C)c(-c2ccccc2[PH+](C2CCCCC2)C2CCCCC2)c(C(C)C)c1.CC1CCCO1.CS(=O)(=O)O.NC(=O)c1cccnc1OC1CC2(CC(NC(=O)c3cnc4cc(B(O)O)ccn34)C2)C1.NC(=O)c1cccnc1OC1CC2(CC(NC(=O)c3cnc4cc(Br)ccn34)C2)C1.OB(O)B(O)O.OCCO.[NH-]c1ccccc1-c1[c-]cccc1.[Pd+2]. The number of amides is 4. The summed E-state index contributed by atoms with van der Waals surface area (Å²) in [6.07, 6.45) is 35.2. The van der Waals surface area contributed by atoms with Crippen LogP contribution in [0.5, 0.6) is 11.8 Å². The van der Waals surface area contributed by atoms with Crippen molar-refractivity contribution >= 4 is 106 Å². The number of ether oxygens (including phenoxy) is 3. The molecule has 0 radical (unpaired) electrons. The van der Waals surface area contributed by atoms with Crippen LogP contribution in [0.4, 0.5) is 5.69 Å². The van der Waals surface area contributed by atoms with Crippen LogP contribution in [0.15, 0.2) is 175 Å². The van der Waals surface area contributed by atoms with Gasteiger partial charge in [0.1, 0.15) is 46.0 Å². The van der Waals surface area contributed by atoms with Gasteiger partial charge in [-0.3, -0.25) is 32.5 Å². The number of nitrogens with zero attached hydrogens (tertiary/aromatic N) is 6. The number of rotatable bonds is 21. The largest absolute Gasteiger partial charge is 2.00 e. The summed E-state index contributed by atoms with van der Waals surface area (Å²) in [5, 5.41) is 72.5.